The fourth-order valence-electron chi connectivity index (χ4n) is 1.41. The molecule has 0 aliphatic carbocycles. The predicted octanol–water partition coefficient (Wildman–Crippen LogP) is 1.40. The van der Waals surface area contributed by atoms with Crippen molar-refractivity contribution in [1.29, 1.82) is 0 Å². The summed E-state index contributed by atoms with van der Waals surface area (Å²) in [6, 6.07) is 3.03. The number of imidazole rings is 1. The van der Waals surface area contributed by atoms with Crippen molar-refractivity contribution >= 4 is 5.65 Å². The van der Waals surface area contributed by atoms with Gasteiger partial charge in [-0.1, -0.05) is 0 Å². The molecule has 14 heavy (non-hydrogen) atoms. The first-order valence-corrected chi connectivity index (χ1v) is 4.54. The molecule has 0 unspecified atom stereocenters. The number of hydrogen-bond acceptors (Lipinski definition) is 2. The van der Waals surface area contributed by atoms with Crippen LogP contribution in [0.2, 0.25) is 0 Å². The minimum atomic E-state index is -0.317. The second kappa shape index (κ2) is 3.75. The maximum absolute atomic E-state index is 13.2. The highest BCUT2D eigenvalue weighted by atomic mass is 19.1. The standard InChI is InChI=1S/C10H11FN2O/c11-9-4-1-5-13-7-8(3-2-6-14)12-10(9)13/h1,4-5,7,14H,2-3,6H2. The molecule has 1 N–H and O–H groups in total. The molecule has 2 aromatic heterocycles. The van der Waals surface area contributed by atoms with E-state index >= 15 is 0 Å². The van der Waals surface area contributed by atoms with Gasteiger partial charge >= 0.3 is 0 Å². The highest BCUT2D eigenvalue weighted by molar-refractivity contribution is 5.41. The molecule has 2 heterocycles. The topological polar surface area (TPSA) is 37.5 Å². The summed E-state index contributed by atoms with van der Waals surface area (Å²) in [6.07, 6.45) is 4.88. The van der Waals surface area contributed by atoms with Crippen molar-refractivity contribution in [2.45, 2.75) is 12.8 Å². The molecule has 0 fully saturated rings. The van der Waals surface area contributed by atoms with Crippen LogP contribution in [0, 0.1) is 5.82 Å². The van der Waals surface area contributed by atoms with Crippen LogP contribution >= 0.6 is 0 Å². The Hall–Kier alpha value is -1.42. The first-order chi connectivity index (χ1) is 6.81. The van der Waals surface area contributed by atoms with E-state index in [0.29, 0.717) is 18.5 Å². The van der Waals surface area contributed by atoms with Crippen LogP contribution in [0.15, 0.2) is 24.5 Å². The summed E-state index contributed by atoms with van der Waals surface area (Å²) >= 11 is 0. The maximum atomic E-state index is 13.2. The van der Waals surface area contributed by atoms with Crippen LogP contribution in [0.1, 0.15) is 12.1 Å². The lowest BCUT2D eigenvalue weighted by atomic mass is 10.3. The molecule has 3 nitrogen and oxygen atoms in total. The van der Waals surface area contributed by atoms with Crippen LogP contribution in [0.5, 0.6) is 0 Å². The van der Waals surface area contributed by atoms with Crippen LogP contribution < -0.4 is 0 Å². The Morgan fingerprint density at radius 3 is 3.07 bits per heavy atom. The van der Waals surface area contributed by atoms with Crippen LogP contribution in [-0.2, 0) is 6.42 Å². The smallest absolute Gasteiger partial charge is 0.173 e. The van der Waals surface area contributed by atoms with Crippen molar-refractivity contribution in [2.75, 3.05) is 6.61 Å². The summed E-state index contributed by atoms with van der Waals surface area (Å²) in [5.74, 6) is -0.317. The van der Waals surface area contributed by atoms with Crippen molar-refractivity contribution < 1.29 is 9.50 Å². The Morgan fingerprint density at radius 1 is 1.50 bits per heavy atom. The largest absolute Gasteiger partial charge is 0.396 e. The monoisotopic (exact) mass is 194 g/mol. The molecule has 0 aromatic carbocycles. The van der Waals surface area contributed by atoms with Crippen molar-refractivity contribution in [1.82, 2.24) is 9.38 Å². The highest BCUT2D eigenvalue weighted by Gasteiger charge is 2.04. The Bertz CT molecular complexity index is 439. The summed E-state index contributed by atoms with van der Waals surface area (Å²) in [6.45, 7) is 0.135. The molecule has 0 atom stereocenters. The van der Waals surface area contributed by atoms with E-state index in [4.69, 9.17) is 5.11 Å². The molecule has 2 rings (SSSR count). The van der Waals surface area contributed by atoms with Gasteiger partial charge in [0.2, 0.25) is 0 Å². The molecule has 4 heteroatoms. The third kappa shape index (κ3) is 1.61. The van der Waals surface area contributed by atoms with E-state index in [1.165, 1.54) is 6.07 Å². The van der Waals surface area contributed by atoms with Gasteiger partial charge in [-0.25, -0.2) is 9.37 Å². The maximum Gasteiger partial charge on any atom is 0.173 e. The van der Waals surface area contributed by atoms with Crippen molar-refractivity contribution in [3.8, 4) is 0 Å². The van der Waals surface area contributed by atoms with Crippen LogP contribution in [-0.4, -0.2) is 21.1 Å². The first kappa shape index (κ1) is 9.15. The Balaban J connectivity index is 2.36. The molecule has 0 amide bonds. The highest BCUT2D eigenvalue weighted by Crippen LogP contribution is 2.10. The molecule has 2 aromatic rings. The quantitative estimate of drug-likeness (QED) is 0.801. The lowest BCUT2D eigenvalue weighted by molar-refractivity contribution is 0.288. The molecule has 0 bridgehead atoms. The lowest BCUT2D eigenvalue weighted by Crippen LogP contribution is -1.88. The molecule has 0 aliphatic heterocycles. The number of aliphatic hydroxyl groups is 1. The van der Waals surface area contributed by atoms with E-state index in [1.807, 2.05) is 0 Å². The predicted molar refractivity (Wildman–Crippen MR) is 50.6 cm³/mol. The molecule has 0 aliphatic rings. The second-order valence-corrected chi connectivity index (χ2v) is 3.15. The summed E-state index contributed by atoms with van der Waals surface area (Å²) in [4.78, 5) is 4.13. The van der Waals surface area contributed by atoms with E-state index in [9.17, 15) is 4.39 Å². The van der Waals surface area contributed by atoms with Gasteiger partial charge in [0.05, 0.1) is 5.69 Å². The molecule has 0 spiro atoms. The van der Waals surface area contributed by atoms with E-state index in [1.54, 1.807) is 22.9 Å². The number of fused-ring (bicyclic) bond motifs is 1. The SMILES string of the molecule is OCCCc1cn2cccc(F)c2n1. The Morgan fingerprint density at radius 2 is 2.36 bits per heavy atom. The number of hydrogen-bond donors (Lipinski definition) is 1. The number of aromatic nitrogens is 2. The minimum Gasteiger partial charge on any atom is -0.396 e. The summed E-state index contributed by atoms with van der Waals surface area (Å²) in [7, 11) is 0. The Labute approximate surface area is 80.8 Å². The van der Waals surface area contributed by atoms with E-state index in [2.05, 4.69) is 4.98 Å². The van der Waals surface area contributed by atoms with Crippen LogP contribution in [0.25, 0.3) is 5.65 Å². The third-order valence-corrected chi connectivity index (χ3v) is 2.08. The Kier molecular flexibility index (Phi) is 2.45. The minimum absolute atomic E-state index is 0.135. The van der Waals surface area contributed by atoms with E-state index in [0.717, 1.165) is 5.69 Å². The van der Waals surface area contributed by atoms with Gasteiger partial charge in [-0.2, -0.15) is 0 Å². The third-order valence-electron chi connectivity index (χ3n) is 2.08. The molecular formula is C10H11FN2O. The summed E-state index contributed by atoms with van der Waals surface area (Å²) < 4.78 is 14.8. The first-order valence-electron chi connectivity index (χ1n) is 4.54. The number of halogens is 1. The van der Waals surface area contributed by atoms with Gasteiger partial charge in [-0.15, -0.1) is 0 Å². The zero-order valence-corrected chi connectivity index (χ0v) is 7.65. The fourth-order valence-corrected chi connectivity index (χ4v) is 1.41. The van der Waals surface area contributed by atoms with Crippen molar-refractivity contribution in [2.24, 2.45) is 0 Å². The average Bonchev–Trinajstić information content (AvgIpc) is 2.59. The number of aryl methyl sites for hydroxylation is 1. The van der Waals surface area contributed by atoms with Crippen LogP contribution in [0.3, 0.4) is 0 Å². The summed E-state index contributed by atoms with van der Waals surface area (Å²) in [5.41, 5.74) is 1.16. The van der Waals surface area contributed by atoms with Gasteiger partial charge in [0.25, 0.3) is 0 Å². The average molecular weight is 194 g/mol. The number of nitrogens with zero attached hydrogens (tertiary/aromatic N) is 2. The second-order valence-electron chi connectivity index (χ2n) is 3.15. The number of rotatable bonds is 3. The van der Waals surface area contributed by atoms with Gasteiger partial charge < -0.3 is 9.51 Å². The fraction of sp³-hybridized carbons (Fsp3) is 0.300. The van der Waals surface area contributed by atoms with Gasteiger partial charge in [0, 0.05) is 19.0 Å². The molecule has 0 saturated carbocycles. The molecule has 74 valence electrons. The van der Waals surface area contributed by atoms with E-state index in [-0.39, 0.29) is 12.4 Å². The van der Waals surface area contributed by atoms with Gasteiger partial charge in [-0.05, 0) is 25.0 Å². The van der Waals surface area contributed by atoms with Crippen LogP contribution in [0.4, 0.5) is 4.39 Å². The van der Waals surface area contributed by atoms with E-state index < -0.39 is 0 Å². The molecule has 0 radical (unpaired) electrons. The molecular weight excluding hydrogens is 183 g/mol. The lowest BCUT2D eigenvalue weighted by Gasteiger charge is -1.90. The zero-order chi connectivity index (χ0) is 9.97. The van der Waals surface area contributed by atoms with Gasteiger partial charge in [0.15, 0.2) is 11.5 Å². The summed E-state index contributed by atoms with van der Waals surface area (Å²) in [5, 5.41) is 8.65. The van der Waals surface area contributed by atoms with Crippen molar-refractivity contribution in [3.63, 3.8) is 0 Å². The molecule has 0 saturated heterocycles. The van der Waals surface area contributed by atoms with Crippen molar-refractivity contribution in [3.05, 3.63) is 36.0 Å². The zero-order valence-electron chi connectivity index (χ0n) is 7.65. The van der Waals surface area contributed by atoms with Gasteiger partial charge in [0.1, 0.15) is 0 Å². The number of aliphatic hydroxyl groups excluding tert-OH is 1. The van der Waals surface area contributed by atoms with Gasteiger partial charge in [-0.3, -0.25) is 0 Å². The normalized spacial score (nSPS) is 11.0. The number of pyridine rings is 1.